The lowest BCUT2D eigenvalue weighted by Crippen LogP contribution is -2.27. The normalized spacial score (nSPS) is 11.6. The monoisotopic (exact) mass is 388 g/mol. The number of sulfonamides is 1. The predicted octanol–water partition coefficient (Wildman–Crippen LogP) is 3.34. The first-order chi connectivity index (χ1) is 9.86. The molecular formula is C13H10BrFN2O2S2. The largest absolute Gasteiger partial charge is 0.244 e. The summed E-state index contributed by atoms with van der Waals surface area (Å²) in [5.41, 5.74) is -0.461. The van der Waals surface area contributed by atoms with Crippen molar-refractivity contribution in [3.8, 4) is 6.07 Å². The van der Waals surface area contributed by atoms with E-state index < -0.39 is 21.4 Å². The van der Waals surface area contributed by atoms with Crippen molar-refractivity contribution < 1.29 is 12.8 Å². The van der Waals surface area contributed by atoms with E-state index in [0.717, 1.165) is 19.7 Å². The second-order valence-corrected chi connectivity index (χ2v) is 8.14. The number of nitrogens with zero attached hydrogens (tertiary/aromatic N) is 2. The van der Waals surface area contributed by atoms with E-state index in [-0.39, 0.29) is 11.4 Å². The summed E-state index contributed by atoms with van der Waals surface area (Å²) >= 11 is 4.71. The molecule has 1 heterocycles. The Morgan fingerprint density at radius 1 is 1.48 bits per heavy atom. The fraction of sp³-hybridized carbons (Fsp3) is 0.154. The van der Waals surface area contributed by atoms with Gasteiger partial charge in [-0.05, 0) is 34.1 Å². The van der Waals surface area contributed by atoms with E-state index in [0.29, 0.717) is 0 Å². The molecule has 0 aliphatic carbocycles. The topological polar surface area (TPSA) is 61.2 Å². The lowest BCUT2D eigenvalue weighted by molar-refractivity contribution is 0.468. The first-order valence-electron chi connectivity index (χ1n) is 5.74. The number of thiophene rings is 1. The Morgan fingerprint density at radius 3 is 2.76 bits per heavy atom. The summed E-state index contributed by atoms with van der Waals surface area (Å²) in [5.74, 6) is -0.842. The van der Waals surface area contributed by atoms with Crippen LogP contribution in [-0.2, 0) is 16.6 Å². The van der Waals surface area contributed by atoms with Crippen molar-refractivity contribution >= 4 is 37.3 Å². The van der Waals surface area contributed by atoms with Gasteiger partial charge in [0, 0.05) is 28.3 Å². The third-order valence-electron chi connectivity index (χ3n) is 2.78. The van der Waals surface area contributed by atoms with Gasteiger partial charge in [0.2, 0.25) is 10.0 Å². The summed E-state index contributed by atoms with van der Waals surface area (Å²) in [5, 5.41) is 10.8. The van der Waals surface area contributed by atoms with Gasteiger partial charge in [-0.15, -0.1) is 11.3 Å². The number of rotatable bonds is 4. The maximum Gasteiger partial charge on any atom is 0.244 e. The Bertz CT molecular complexity index is 812. The van der Waals surface area contributed by atoms with E-state index >= 15 is 0 Å². The van der Waals surface area contributed by atoms with Crippen LogP contribution in [-0.4, -0.2) is 19.8 Å². The van der Waals surface area contributed by atoms with Crippen LogP contribution in [0.1, 0.15) is 10.4 Å². The second kappa shape index (κ2) is 6.23. The third-order valence-corrected chi connectivity index (χ3v) is 6.30. The molecule has 1 aromatic carbocycles. The molecule has 0 unspecified atom stereocenters. The minimum atomic E-state index is -3.93. The highest BCUT2D eigenvalue weighted by atomic mass is 79.9. The summed E-state index contributed by atoms with van der Waals surface area (Å²) < 4.78 is 40.5. The van der Waals surface area contributed by atoms with E-state index in [1.54, 1.807) is 6.07 Å². The van der Waals surface area contributed by atoms with Crippen LogP contribution in [0.3, 0.4) is 0 Å². The summed E-state index contributed by atoms with van der Waals surface area (Å²) in [6.07, 6.45) is 0. The van der Waals surface area contributed by atoms with Gasteiger partial charge in [0.05, 0.1) is 0 Å². The quantitative estimate of drug-likeness (QED) is 0.806. The lowest BCUT2D eigenvalue weighted by Gasteiger charge is -2.17. The standard InChI is InChI=1S/C13H10BrFN2O2S2/c1-17(7-10-5-9(14)8-20-10)21(18,19)13-4-2-3-12(15)11(13)6-16/h2-5,8H,7H2,1H3. The van der Waals surface area contributed by atoms with Crippen LogP contribution in [0.25, 0.3) is 0 Å². The summed E-state index contributed by atoms with van der Waals surface area (Å²) in [7, 11) is -2.53. The van der Waals surface area contributed by atoms with Crippen molar-refractivity contribution in [2.45, 2.75) is 11.4 Å². The van der Waals surface area contributed by atoms with Crippen LogP contribution in [0.15, 0.2) is 39.0 Å². The molecule has 1 aromatic heterocycles. The molecule has 110 valence electrons. The fourth-order valence-corrected chi connectivity index (χ4v) is 4.62. The maximum atomic E-state index is 13.6. The van der Waals surface area contributed by atoms with Gasteiger partial charge < -0.3 is 0 Å². The maximum absolute atomic E-state index is 13.6. The Morgan fingerprint density at radius 2 is 2.19 bits per heavy atom. The van der Waals surface area contributed by atoms with Crippen LogP contribution in [0.4, 0.5) is 4.39 Å². The van der Waals surface area contributed by atoms with Gasteiger partial charge in [0.15, 0.2) is 0 Å². The minimum absolute atomic E-state index is 0.153. The molecule has 8 heteroatoms. The van der Waals surface area contributed by atoms with E-state index in [4.69, 9.17) is 5.26 Å². The Hall–Kier alpha value is -1.27. The van der Waals surface area contributed by atoms with Crippen LogP contribution in [0, 0.1) is 17.1 Å². The van der Waals surface area contributed by atoms with Crippen molar-refractivity contribution in [1.29, 1.82) is 5.26 Å². The van der Waals surface area contributed by atoms with E-state index in [1.165, 1.54) is 30.5 Å². The summed E-state index contributed by atoms with van der Waals surface area (Å²) in [6.45, 7) is 0.153. The zero-order valence-electron chi connectivity index (χ0n) is 10.9. The van der Waals surface area contributed by atoms with Crippen molar-refractivity contribution in [1.82, 2.24) is 4.31 Å². The SMILES string of the molecule is CN(Cc1cc(Br)cs1)S(=O)(=O)c1cccc(F)c1C#N. The zero-order chi connectivity index (χ0) is 15.6. The van der Waals surface area contributed by atoms with Crippen molar-refractivity contribution in [2.24, 2.45) is 0 Å². The van der Waals surface area contributed by atoms with E-state index in [9.17, 15) is 12.8 Å². The van der Waals surface area contributed by atoms with E-state index in [2.05, 4.69) is 15.9 Å². The third kappa shape index (κ3) is 3.32. The Kier molecular flexibility index (Phi) is 4.78. The molecule has 2 rings (SSSR count). The van der Waals surface area contributed by atoms with Crippen molar-refractivity contribution in [2.75, 3.05) is 7.05 Å². The number of halogens is 2. The first-order valence-corrected chi connectivity index (χ1v) is 8.85. The second-order valence-electron chi connectivity index (χ2n) is 4.22. The Balaban J connectivity index is 2.38. The first kappa shape index (κ1) is 16.1. The molecule has 2 aromatic rings. The molecule has 0 radical (unpaired) electrons. The Labute approximate surface area is 134 Å². The molecule has 0 aliphatic rings. The molecular weight excluding hydrogens is 379 g/mol. The molecule has 0 spiro atoms. The molecule has 4 nitrogen and oxygen atoms in total. The summed E-state index contributed by atoms with van der Waals surface area (Å²) in [6, 6.07) is 6.99. The number of benzene rings is 1. The molecule has 0 aliphatic heterocycles. The van der Waals surface area contributed by atoms with Crippen molar-refractivity contribution in [3.05, 3.63) is 50.4 Å². The van der Waals surface area contributed by atoms with Gasteiger partial charge in [0.25, 0.3) is 0 Å². The highest BCUT2D eigenvalue weighted by Crippen LogP contribution is 2.25. The predicted molar refractivity (Wildman–Crippen MR) is 81.8 cm³/mol. The van der Waals surface area contributed by atoms with Crippen LogP contribution < -0.4 is 0 Å². The lowest BCUT2D eigenvalue weighted by atomic mass is 10.2. The van der Waals surface area contributed by atoms with Gasteiger partial charge in [-0.25, -0.2) is 12.8 Å². The summed E-state index contributed by atoms with van der Waals surface area (Å²) in [4.78, 5) is 0.519. The highest BCUT2D eigenvalue weighted by molar-refractivity contribution is 9.10. The molecule has 0 N–H and O–H groups in total. The average Bonchev–Trinajstić information content (AvgIpc) is 2.83. The minimum Gasteiger partial charge on any atom is -0.207 e. The zero-order valence-corrected chi connectivity index (χ0v) is 14.1. The van der Waals surface area contributed by atoms with Crippen molar-refractivity contribution in [3.63, 3.8) is 0 Å². The molecule has 0 atom stereocenters. The van der Waals surface area contributed by atoms with Crippen LogP contribution in [0.5, 0.6) is 0 Å². The van der Waals surface area contributed by atoms with Gasteiger partial charge >= 0.3 is 0 Å². The molecule has 0 bridgehead atoms. The molecule has 0 amide bonds. The van der Waals surface area contributed by atoms with Gasteiger partial charge in [-0.2, -0.15) is 9.57 Å². The molecule has 0 saturated heterocycles. The van der Waals surface area contributed by atoms with E-state index in [1.807, 2.05) is 11.4 Å². The van der Waals surface area contributed by atoms with Gasteiger partial charge in [-0.3, -0.25) is 0 Å². The van der Waals surface area contributed by atoms with Gasteiger partial charge in [-0.1, -0.05) is 6.07 Å². The number of hydrogen-bond acceptors (Lipinski definition) is 4. The van der Waals surface area contributed by atoms with Gasteiger partial charge in [0.1, 0.15) is 22.3 Å². The molecule has 21 heavy (non-hydrogen) atoms. The number of hydrogen-bond donors (Lipinski definition) is 0. The smallest absolute Gasteiger partial charge is 0.207 e. The number of nitriles is 1. The van der Waals surface area contributed by atoms with Crippen LogP contribution in [0.2, 0.25) is 0 Å². The highest BCUT2D eigenvalue weighted by Gasteiger charge is 2.26. The fourth-order valence-electron chi connectivity index (χ4n) is 1.74. The molecule has 0 saturated carbocycles. The van der Waals surface area contributed by atoms with Crippen LogP contribution >= 0.6 is 27.3 Å². The average molecular weight is 389 g/mol. The molecule has 0 fully saturated rings.